The molecule has 0 unspecified atom stereocenters. The molecule has 4 heteroatoms. The van der Waals surface area contributed by atoms with E-state index in [2.05, 4.69) is 0 Å². The van der Waals surface area contributed by atoms with E-state index in [0.29, 0.717) is 0 Å². The summed E-state index contributed by atoms with van der Waals surface area (Å²) < 4.78 is 0. The monoisotopic (exact) mass is 171 g/mol. The van der Waals surface area contributed by atoms with Crippen molar-refractivity contribution in [3.8, 4) is 17.2 Å². The molecule has 12 heavy (non-hydrogen) atoms. The molecule has 1 aromatic carbocycles. The van der Waals surface area contributed by atoms with Gasteiger partial charge in [-0.1, -0.05) is 13.0 Å². The standard InChI is InChI=1S/C6H6O3.C2H7N/c7-4-2-1-3-5(8)6(4)9;1-2-3/h1-3,7-9H;2-3H2,1H3. The van der Waals surface area contributed by atoms with E-state index in [1.54, 1.807) is 0 Å². The maximum Gasteiger partial charge on any atom is 0.200 e. The lowest BCUT2D eigenvalue weighted by Crippen LogP contribution is -1.87. The fourth-order valence-electron chi connectivity index (χ4n) is 0.519. The van der Waals surface area contributed by atoms with E-state index < -0.39 is 5.75 Å². The fourth-order valence-corrected chi connectivity index (χ4v) is 0.519. The maximum atomic E-state index is 8.71. The zero-order chi connectivity index (χ0) is 9.56. The number of hydrogen-bond donors (Lipinski definition) is 4. The smallest absolute Gasteiger partial charge is 0.200 e. The summed E-state index contributed by atoms with van der Waals surface area (Å²) in [6.07, 6.45) is 0. The van der Waals surface area contributed by atoms with Gasteiger partial charge in [0.1, 0.15) is 0 Å². The molecule has 0 atom stereocenters. The lowest BCUT2D eigenvalue weighted by molar-refractivity contribution is 0.368. The zero-order valence-electron chi connectivity index (χ0n) is 6.86. The zero-order valence-corrected chi connectivity index (χ0v) is 6.86. The van der Waals surface area contributed by atoms with Gasteiger partial charge >= 0.3 is 0 Å². The Balaban J connectivity index is 0.000000354. The van der Waals surface area contributed by atoms with Gasteiger partial charge in [-0.15, -0.1) is 0 Å². The third kappa shape index (κ3) is 3.12. The number of hydrogen-bond acceptors (Lipinski definition) is 4. The molecule has 0 aliphatic carbocycles. The first-order valence-corrected chi connectivity index (χ1v) is 3.53. The molecule has 0 saturated carbocycles. The van der Waals surface area contributed by atoms with Gasteiger partial charge in [0.25, 0.3) is 0 Å². The second-order valence-electron chi connectivity index (χ2n) is 2.05. The Labute approximate surface area is 70.9 Å². The van der Waals surface area contributed by atoms with Gasteiger partial charge in [0.15, 0.2) is 17.2 Å². The number of phenolic OH excluding ortho intramolecular Hbond substituents is 3. The van der Waals surface area contributed by atoms with Crippen LogP contribution in [-0.4, -0.2) is 21.9 Å². The van der Waals surface area contributed by atoms with E-state index in [4.69, 9.17) is 21.1 Å². The van der Waals surface area contributed by atoms with Crippen LogP contribution in [-0.2, 0) is 0 Å². The third-order valence-electron chi connectivity index (χ3n) is 0.993. The molecule has 68 valence electrons. The van der Waals surface area contributed by atoms with E-state index in [-0.39, 0.29) is 11.5 Å². The van der Waals surface area contributed by atoms with Gasteiger partial charge in [-0.05, 0) is 18.7 Å². The molecular formula is C8H13NO3. The number of phenols is 3. The van der Waals surface area contributed by atoms with Crippen LogP contribution < -0.4 is 5.73 Å². The van der Waals surface area contributed by atoms with Crippen LogP contribution >= 0.6 is 0 Å². The Hall–Kier alpha value is -1.42. The number of benzene rings is 1. The minimum absolute atomic E-state index is 0.310. The summed E-state index contributed by atoms with van der Waals surface area (Å²) in [5.74, 6) is -1.09. The van der Waals surface area contributed by atoms with Crippen molar-refractivity contribution < 1.29 is 15.3 Å². The average molecular weight is 171 g/mol. The largest absolute Gasteiger partial charge is 0.504 e. The number of para-hydroxylation sites is 1. The molecule has 0 fully saturated rings. The minimum Gasteiger partial charge on any atom is -0.504 e. The molecular weight excluding hydrogens is 158 g/mol. The van der Waals surface area contributed by atoms with Gasteiger partial charge in [-0.25, -0.2) is 0 Å². The number of nitrogens with two attached hydrogens (primary N) is 1. The van der Waals surface area contributed by atoms with Crippen LogP contribution in [0.25, 0.3) is 0 Å². The molecule has 1 aromatic rings. The van der Waals surface area contributed by atoms with Crippen molar-refractivity contribution in [2.45, 2.75) is 6.92 Å². The molecule has 0 aliphatic rings. The van der Waals surface area contributed by atoms with Gasteiger partial charge in [-0.3, -0.25) is 0 Å². The Morgan fingerprint density at radius 3 is 1.75 bits per heavy atom. The Bertz CT molecular complexity index is 217. The molecule has 1 rings (SSSR count). The molecule has 5 N–H and O–H groups in total. The van der Waals surface area contributed by atoms with E-state index in [0.717, 1.165) is 6.54 Å². The molecule has 0 aromatic heterocycles. The van der Waals surface area contributed by atoms with Crippen LogP contribution in [0.15, 0.2) is 18.2 Å². The van der Waals surface area contributed by atoms with Crippen molar-refractivity contribution in [3.05, 3.63) is 18.2 Å². The quantitative estimate of drug-likeness (QED) is 0.434. The van der Waals surface area contributed by atoms with E-state index >= 15 is 0 Å². The maximum absolute atomic E-state index is 8.71. The Morgan fingerprint density at radius 1 is 1.17 bits per heavy atom. The summed E-state index contributed by atoms with van der Waals surface area (Å²) in [5, 5.41) is 26.1. The second-order valence-corrected chi connectivity index (χ2v) is 2.05. The van der Waals surface area contributed by atoms with Gasteiger partial charge in [0, 0.05) is 0 Å². The predicted octanol–water partition coefficient (Wildman–Crippen LogP) is 0.768. The van der Waals surface area contributed by atoms with Crippen LogP contribution in [0.2, 0.25) is 0 Å². The molecule has 0 aliphatic heterocycles. The normalized spacial score (nSPS) is 8.50. The number of rotatable bonds is 0. The lowest BCUT2D eigenvalue weighted by Gasteiger charge is -1.96. The summed E-state index contributed by atoms with van der Waals surface area (Å²) in [4.78, 5) is 0. The van der Waals surface area contributed by atoms with Crippen molar-refractivity contribution in [3.63, 3.8) is 0 Å². The number of aromatic hydroxyl groups is 3. The highest BCUT2D eigenvalue weighted by molar-refractivity contribution is 5.47. The van der Waals surface area contributed by atoms with Crippen molar-refractivity contribution in [2.75, 3.05) is 6.54 Å². The van der Waals surface area contributed by atoms with Gasteiger partial charge < -0.3 is 21.1 Å². The highest BCUT2D eigenvalue weighted by atomic mass is 16.3. The molecule has 0 saturated heterocycles. The summed E-state index contributed by atoms with van der Waals surface area (Å²) in [6, 6.07) is 4.01. The van der Waals surface area contributed by atoms with Crippen molar-refractivity contribution in [2.24, 2.45) is 5.73 Å². The summed E-state index contributed by atoms with van der Waals surface area (Å²) in [5.41, 5.74) is 4.85. The molecule has 4 nitrogen and oxygen atoms in total. The topological polar surface area (TPSA) is 86.7 Å². The molecule has 0 heterocycles. The van der Waals surface area contributed by atoms with Crippen LogP contribution in [0.1, 0.15) is 6.92 Å². The van der Waals surface area contributed by atoms with Gasteiger partial charge in [0.2, 0.25) is 0 Å². The van der Waals surface area contributed by atoms with Crippen LogP contribution in [0.5, 0.6) is 17.2 Å². The molecule has 0 bridgehead atoms. The summed E-state index contributed by atoms with van der Waals surface area (Å²) >= 11 is 0. The van der Waals surface area contributed by atoms with Crippen molar-refractivity contribution in [1.29, 1.82) is 0 Å². The van der Waals surface area contributed by atoms with Crippen molar-refractivity contribution in [1.82, 2.24) is 0 Å². The van der Waals surface area contributed by atoms with Gasteiger partial charge in [0.05, 0.1) is 0 Å². The second kappa shape index (κ2) is 5.26. The fraction of sp³-hybridized carbons (Fsp3) is 0.250. The highest BCUT2D eigenvalue weighted by Crippen LogP contribution is 2.32. The Kier molecular flexibility index (Phi) is 4.64. The first-order valence-electron chi connectivity index (χ1n) is 3.53. The summed E-state index contributed by atoms with van der Waals surface area (Å²) in [7, 11) is 0. The van der Waals surface area contributed by atoms with E-state index in [1.165, 1.54) is 18.2 Å². The van der Waals surface area contributed by atoms with E-state index in [1.807, 2.05) is 6.92 Å². The van der Waals surface area contributed by atoms with E-state index in [9.17, 15) is 0 Å². The summed E-state index contributed by atoms with van der Waals surface area (Å²) in [6.45, 7) is 2.65. The van der Waals surface area contributed by atoms with Crippen LogP contribution in [0.3, 0.4) is 0 Å². The minimum atomic E-state index is -0.475. The van der Waals surface area contributed by atoms with Crippen molar-refractivity contribution >= 4 is 0 Å². The van der Waals surface area contributed by atoms with Gasteiger partial charge in [-0.2, -0.15) is 0 Å². The molecule has 0 radical (unpaired) electrons. The third-order valence-corrected chi connectivity index (χ3v) is 0.993. The predicted molar refractivity (Wildman–Crippen MR) is 46.2 cm³/mol. The van der Waals surface area contributed by atoms with Crippen LogP contribution in [0.4, 0.5) is 0 Å². The first-order chi connectivity index (χ1) is 5.63. The lowest BCUT2D eigenvalue weighted by atomic mass is 10.3. The average Bonchev–Trinajstić information content (AvgIpc) is 2.02. The molecule has 0 amide bonds. The Morgan fingerprint density at radius 2 is 1.50 bits per heavy atom. The van der Waals surface area contributed by atoms with Crippen LogP contribution in [0, 0.1) is 0 Å². The first kappa shape index (κ1) is 10.6. The highest BCUT2D eigenvalue weighted by Gasteiger charge is 2.00. The SMILES string of the molecule is CCN.Oc1cccc(O)c1O. The molecule has 0 spiro atoms.